The Labute approximate surface area is 284 Å². The van der Waals surface area contributed by atoms with E-state index in [9.17, 15) is 13.2 Å². The fourth-order valence-corrected chi connectivity index (χ4v) is 11.0. The van der Waals surface area contributed by atoms with Gasteiger partial charge in [-0.3, -0.25) is 3.63 Å². The molecule has 0 radical (unpaired) electrons. The molecule has 0 heterocycles. The molecule has 0 aromatic heterocycles. The maximum absolute atomic E-state index is 15.4. The lowest BCUT2D eigenvalue weighted by Gasteiger charge is -2.35. The van der Waals surface area contributed by atoms with Gasteiger partial charge in [-0.25, -0.2) is 4.79 Å². The first kappa shape index (κ1) is 38.2. The van der Waals surface area contributed by atoms with Crippen molar-refractivity contribution in [2.75, 3.05) is 11.9 Å². The molecule has 10 heteroatoms. The molecule has 0 saturated heterocycles. The third-order valence-corrected chi connectivity index (χ3v) is 13.7. The first-order valence-corrected chi connectivity index (χ1v) is 20.5. The average molecular weight is 743 g/mol. The van der Waals surface area contributed by atoms with Gasteiger partial charge < -0.3 is 4.74 Å². The van der Waals surface area contributed by atoms with Gasteiger partial charge >= 0.3 is 21.3 Å². The van der Waals surface area contributed by atoms with Crippen LogP contribution in [0.1, 0.15) is 89.9 Å². The third kappa shape index (κ3) is 11.2. The highest BCUT2D eigenvalue weighted by molar-refractivity contribution is 9.09. The largest absolute Gasteiger partial charge is 0.514 e. The second kappa shape index (κ2) is 20.2. The van der Waals surface area contributed by atoms with Crippen molar-refractivity contribution in [1.82, 2.24) is 0 Å². The lowest BCUT2D eigenvalue weighted by molar-refractivity contribution is -0.161. The summed E-state index contributed by atoms with van der Waals surface area (Å²) in [6.07, 6.45) is 15.7. The summed E-state index contributed by atoms with van der Waals surface area (Å²) in [5.74, 6) is -2.10. The maximum atomic E-state index is 15.4. The molecule has 5 nitrogen and oxygen atoms in total. The topological polar surface area (TPSA) is 73.2 Å². The fraction of sp³-hybridized carbons (Fsp3) is 0.472. The van der Waals surface area contributed by atoms with Crippen LogP contribution in [-0.4, -0.2) is 35.2 Å². The van der Waals surface area contributed by atoms with Crippen molar-refractivity contribution in [2.45, 2.75) is 110 Å². The highest BCUT2D eigenvalue weighted by Crippen LogP contribution is 2.68. The van der Waals surface area contributed by atoms with Gasteiger partial charge in [-0.05, 0) is 49.2 Å². The number of esters is 1. The van der Waals surface area contributed by atoms with E-state index >= 15 is 8.78 Å². The van der Waals surface area contributed by atoms with Crippen molar-refractivity contribution in [1.29, 1.82) is 0 Å². The number of carbonyl (C=O) groups is 1. The van der Waals surface area contributed by atoms with Crippen molar-refractivity contribution >= 4 is 42.3 Å². The maximum Gasteiger partial charge on any atom is 0.514 e. The number of benzene rings is 3. The van der Waals surface area contributed by atoms with Crippen LogP contribution in [-0.2, 0) is 19.6 Å². The molecular weight excluding hydrogens is 694 g/mol. The van der Waals surface area contributed by atoms with Gasteiger partial charge in [0.1, 0.15) is 0 Å². The fourth-order valence-electron chi connectivity index (χ4n) is 5.26. The number of carbonyl (C=O) groups excluding carboxylic acids is 1. The number of ether oxygens (including phenoxy) is 1. The Balaban J connectivity index is 1.52. The van der Waals surface area contributed by atoms with Crippen LogP contribution in [0.15, 0.2) is 106 Å². The SMILES string of the molecule is O=C(OCCCCCCCCCCCCCCCCBr)C(F)(F)S(=O)(=O)[OH+]S(c1ccccc1)(c1ccccc1)c1ccccc1. The van der Waals surface area contributed by atoms with Gasteiger partial charge in [0.25, 0.3) is 0 Å². The van der Waals surface area contributed by atoms with Crippen LogP contribution >= 0.6 is 26.2 Å². The summed E-state index contributed by atoms with van der Waals surface area (Å²) in [6, 6.07) is 25.5. The Kier molecular flexibility index (Phi) is 16.7. The zero-order chi connectivity index (χ0) is 33.1. The van der Waals surface area contributed by atoms with E-state index in [1.165, 1.54) is 57.8 Å². The van der Waals surface area contributed by atoms with Gasteiger partial charge in [0.05, 0.1) is 31.6 Å². The van der Waals surface area contributed by atoms with Crippen molar-refractivity contribution < 1.29 is 30.4 Å². The molecule has 3 rings (SSSR count). The molecule has 0 aliphatic rings. The van der Waals surface area contributed by atoms with Crippen LogP contribution in [0.5, 0.6) is 0 Å². The minimum absolute atomic E-state index is 0.270. The van der Waals surface area contributed by atoms with Crippen LogP contribution in [0.2, 0.25) is 0 Å². The van der Waals surface area contributed by atoms with Crippen LogP contribution in [0, 0.1) is 0 Å². The van der Waals surface area contributed by atoms with Crippen LogP contribution < -0.4 is 0 Å². The van der Waals surface area contributed by atoms with E-state index in [2.05, 4.69) is 19.6 Å². The lowest BCUT2D eigenvalue weighted by Crippen LogP contribution is -2.42. The van der Waals surface area contributed by atoms with E-state index in [0.29, 0.717) is 27.5 Å². The molecule has 0 spiro atoms. The quantitative estimate of drug-likeness (QED) is 0.0319. The van der Waals surface area contributed by atoms with Crippen molar-refractivity contribution in [3.8, 4) is 0 Å². The van der Waals surface area contributed by atoms with Crippen LogP contribution in [0.3, 0.4) is 0 Å². The van der Waals surface area contributed by atoms with E-state index in [0.717, 1.165) is 24.6 Å². The van der Waals surface area contributed by atoms with Gasteiger partial charge in [-0.1, -0.05) is 148 Å². The van der Waals surface area contributed by atoms with Crippen LogP contribution in [0.4, 0.5) is 8.78 Å². The Morgan fingerprint density at radius 2 is 0.913 bits per heavy atom. The summed E-state index contributed by atoms with van der Waals surface area (Å²) in [4.78, 5) is 13.9. The molecule has 0 unspecified atom stereocenters. The molecule has 0 saturated carbocycles. The van der Waals surface area contributed by atoms with Gasteiger partial charge in [0.15, 0.2) is 0 Å². The highest BCUT2D eigenvalue weighted by atomic mass is 79.9. The molecule has 3 aromatic carbocycles. The van der Waals surface area contributed by atoms with Gasteiger partial charge in [0, 0.05) is 5.33 Å². The second-order valence-corrected chi connectivity index (χ2v) is 16.8. The molecule has 0 amide bonds. The van der Waals surface area contributed by atoms with Gasteiger partial charge in [-0.2, -0.15) is 8.78 Å². The molecule has 0 aliphatic carbocycles. The Morgan fingerprint density at radius 3 is 1.26 bits per heavy atom. The molecule has 3 aromatic rings. The summed E-state index contributed by atoms with van der Waals surface area (Å²) in [6.45, 7) is -0.270. The van der Waals surface area contributed by atoms with Crippen LogP contribution in [0.25, 0.3) is 0 Å². The normalized spacial score (nSPS) is 12.6. The Bertz CT molecular complexity index is 1280. The van der Waals surface area contributed by atoms with Gasteiger partial charge in [-0.15, -0.1) is 8.42 Å². The molecule has 1 N–H and O–H groups in total. The van der Waals surface area contributed by atoms with E-state index < -0.39 is 31.7 Å². The number of hydrogen-bond acceptors (Lipinski definition) is 4. The molecule has 0 aliphatic heterocycles. The summed E-state index contributed by atoms with van der Waals surface area (Å²) in [5, 5.41) is -3.76. The molecule has 0 atom stereocenters. The number of unbranched alkanes of at least 4 members (excludes halogenated alkanes) is 13. The third-order valence-electron chi connectivity index (χ3n) is 7.79. The number of alkyl halides is 3. The monoisotopic (exact) mass is 741 g/mol. The smallest absolute Gasteiger partial charge is 0.460 e. The number of rotatable bonds is 23. The molecular formula is C36H48BrF2O5S2+. The summed E-state index contributed by atoms with van der Waals surface area (Å²) < 4.78 is 66.4. The summed E-state index contributed by atoms with van der Waals surface area (Å²) in [5.41, 5.74) is 0. The summed E-state index contributed by atoms with van der Waals surface area (Å²) in [7, 11) is -8.79. The second-order valence-electron chi connectivity index (χ2n) is 11.4. The predicted octanol–water partition coefficient (Wildman–Crippen LogP) is 11.3. The lowest BCUT2D eigenvalue weighted by atomic mass is 10.0. The minimum atomic E-state index is -5.68. The van der Waals surface area contributed by atoms with Crippen molar-refractivity contribution in [3.63, 3.8) is 0 Å². The highest BCUT2D eigenvalue weighted by Gasteiger charge is 2.63. The first-order valence-electron chi connectivity index (χ1n) is 16.3. The Hall–Kier alpha value is -2.27. The van der Waals surface area contributed by atoms with E-state index in [4.69, 9.17) is 4.74 Å². The molecule has 0 bridgehead atoms. The predicted molar refractivity (Wildman–Crippen MR) is 188 cm³/mol. The zero-order valence-corrected chi connectivity index (χ0v) is 29.7. The molecule has 254 valence electrons. The van der Waals surface area contributed by atoms with E-state index in [1.54, 1.807) is 91.0 Å². The summed E-state index contributed by atoms with van der Waals surface area (Å²) >= 11 is 3.47. The minimum Gasteiger partial charge on any atom is -0.460 e. The van der Waals surface area contributed by atoms with E-state index in [1.807, 2.05) is 0 Å². The average Bonchev–Trinajstić information content (AvgIpc) is 3.08. The Morgan fingerprint density at radius 1 is 0.587 bits per heavy atom. The standard InChI is InChI=1S/C36H47BrF2O5S2/c37-30-22-11-9-7-5-3-1-2-4-6-8-10-12-23-31-43-35(40)36(38,39)46(41,42)44-45(32-24-16-13-17-25-32,33-26-18-14-19-27-33)34-28-20-15-21-29-34/h13-21,24-29H,1-12,22-23,30-31H2/p+1. The van der Waals surface area contributed by atoms with Crippen molar-refractivity contribution in [2.24, 2.45) is 0 Å². The number of halogens is 3. The van der Waals surface area contributed by atoms with E-state index in [-0.39, 0.29) is 6.61 Å². The van der Waals surface area contributed by atoms with Crippen molar-refractivity contribution in [3.05, 3.63) is 91.0 Å². The zero-order valence-electron chi connectivity index (χ0n) is 26.5. The first-order chi connectivity index (χ1) is 22.3. The molecule has 46 heavy (non-hydrogen) atoms. The van der Waals surface area contributed by atoms with Gasteiger partial charge in [0.2, 0.25) is 0 Å². The number of hydrogen-bond donors (Lipinski definition) is 0. The molecule has 0 fully saturated rings.